The van der Waals surface area contributed by atoms with Crippen LogP contribution in [0.1, 0.15) is 20.7 Å². The predicted molar refractivity (Wildman–Crippen MR) is 55.4 cm³/mol. The summed E-state index contributed by atoms with van der Waals surface area (Å²) in [5.74, 6) is -1.45. The normalized spacial score (nSPS) is 9.38. The molecule has 1 aromatic carbocycles. The summed E-state index contributed by atoms with van der Waals surface area (Å²) in [5.41, 5.74) is -0.503. The van der Waals surface area contributed by atoms with E-state index in [9.17, 15) is 14.4 Å². The first-order valence-corrected chi connectivity index (χ1v) is 4.41. The highest BCUT2D eigenvalue weighted by atomic mass is 16.5. The Morgan fingerprint density at radius 3 is 2.12 bits per heavy atom. The monoisotopic (exact) mass is 222 g/mol. The smallest absolute Gasteiger partial charge is 0.338 e. The van der Waals surface area contributed by atoms with Gasteiger partial charge in [-0.15, -0.1) is 0 Å². The fraction of sp³-hybridized carbons (Fsp3) is 0.182. The summed E-state index contributed by atoms with van der Waals surface area (Å²) in [6.45, 7) is 0. The molecule has 0 spiro atoms. The Labute approximate surface area is 91.6 Å². The van der Waals surface area contributed by atoms with Crippen LogP contribution >= 0.6 is 0 Å². The molecule has 0 aliphatic rings. The molecule has 16 heavy (non-hydrogen) atoms. The molecule has 0 atom stereocenters. The van der Waals surface area contributed by atoms with Crippen LogP contribution < -0.4 is 5.43 Å². The molecule has 0 bridgehead atoms. The topological polar surface area (TPSA) is 69.7 Å². The van der Waals surface area contributed by atoms with Gasteiger partial charge in [0, 0.05) is 6.07 Å². The highest BCUT2D eigenvalue weighted by Gasteiger charge is 2.17. The SMILES string of the molecule is COC(=O)c1cccc(=O)cc1C(=O)OC. The molecule has 0 aromatic heterocycles. The number of ether oxygens (including phenoxy) is 2. The first-order valence-electron chi connectivity index (χ1n) is 4.41. The number of carbonyl (C=O) groups is 2. The van der Waals surface area contributed by atoms with Crippen LogP contribution in [0.25, 0.3) is 0 Å². The van der Waals surface area contributed by atoms with Crippen LogP contribution in [0.2, 0.25) is 0 Å². The van der Waals surface area contributed by atoms with Crippen molar-refractivity contribution in [2.75, 3.05) is 14.2 Å². The predicted octanol–water partition coefficient (Wildman–Crippen LogP) is 0.620. The van der Waals surface area contributed by atoms with Crippen LogP contribution in [0, 0.1) is 0 Å². The Bertz CT molecular complexity index is 478. The van der Waals surface area contributed by atoms with Gasteiger partial charge in [0.1, 0.15) is 0 Å². The van der Waals surface area contributed by atoms with Crippen LogP contribution in [0.4, 0.5) is 0 Å². The van der Waals surface area contributed by atoms with Crippen molar-refractivity contribution in [1.29, 1.82) is 0 Å². The van der Waals surface area contributed by atoms with E-state index < -0.39 is 17.4 Å². The Morgan fingerprint density at radius 2 is 1.56 bits per heavy atom. The average molecular weight is 222 g/mol. The highest BCUT2D eigenvalue weighted by molar-refractivity contribution is 6.02. The van der Waals surface area contributed by atoms with Gasteiger partial charge in [0.25, 0.3) is 0 Å². The molecule has 84 valence electrons. The first-order chi connectivity index (χ1) is 7.60. The second-order valence-corrected chi connectivity index (χ2v) is 2.88. The van der Waals surface area contributed by atoms with Crippen molar-refractivity contribution in [1.82, 2.24) is 0 Å². The lowest BCUT2D eigenvalue weighted by molar-refractivity contribution is 0.0555. The van der Waals surface area contributed by atoms with Gasteiger partial charge in [-0.25, -0.2) is 9.59 Å². The maximum absolute atomic E-state index is 11.4. The molecule has 0 saturated heterocycles. The van der Waals surface area contributed by atoms with E-state index in [-0.39, 0.29) is 11.1 Å². The van der Waals surface area contributed by atoms with Crippen molar-refractivity contribution in [3.63, 3.8) is 0 Å². The second-order valence-electron chi connectivity index (χ2n) is 2.88. The number of rotatable bonds is 2. The number of methoxy groups -OCH3 is 2. The highest BCUT2D eigenvalue weighted by Crippen LogP contribution is 2.08. The Hall–Kier alpha value is -2.17. The fourth-order valence-electron chi connectivity index (χ4n) is 1.16. The van der Waals surface area contributed by atoms with Crippen molar-refractivity contribution in [3.05, 3.63) is 45.6 Å². The first kappa shape index (κ1) is 11.9. The summed E-state index contributed by atoms with van der Waals surface area (Å²) in [7, 11) is 2.36. The quantitative estimate of drug-likeness (QED) is 0.686. The van der Waals surface area contributed by atoms with Crippen LogP contribution in [0.3, 0.4) is 0 Å². The van der Waals surface area contributed by atoms with Gasteiger partial charge in [0.15, 0.2) is 5.43 Å². The van der Waals surface area contributed by atoms with Crippen molar-refractivity contribution < 1.29 is 19.1 Å². The third-order valence-corrected chi connectivity index (χ3v) is 1.91. The van der Waals surface area contributed by atoms with Crippen LogP contribution in [-0.2, 0) is 9.47 Å². The number of esters is 2. The van der Waals surface area contributed by atoms with E-state index in [1.165, 1.54) is 32.4 Å². The Balaban J connectivity index is 3.48. The minimum Gasteiger partial charge on any atom is -0.465 e. The van der Waals surface area contributed by atoms with Gasteiger partial charge in [0.2, 0.25) is 0 Å². The third-order valence-electron chi connectivity index (χ3n) is 1.91. The number of carbonyl (C=O) groups excluding carboxylic acids is 2. The fourth-order valence-corrected chi connectivity index (χ4v) is 1.16. The van der Waals surface area contributed by atoms with Gasteiger partial charge < -0.3 is 9.47 Å². The maximum Gasteiger partial charge on any atom is 0.338 e. The molecule has 0 N–H and O–H groups in total. The number of hydrogen-bond acceptors (Lipinski definition) is 5. The molecule has 0 aliphatic heterocycles. The van der Waals surface area contributed by atoms with Gasteiger partial charge in [-0.1, -0.05) is 6.07 Å². The van der Waals surface area contributed by atoms with Crippen LogP contribution in [0.15, 0.2) is 29.1 Å². The average Bonchev–Trinajstić information content (AvgIpc) is 2.49. The molecule has 0 amide bonds. The largest absolute Gasteiger partial charge is 0.465 e. The van der Waals surface area contributed by atoms with Gasteiger partial charge in [-0.2, -0.15) is 0 Å². The van der Waals surface area contributed by atoms with E-state index >= 15 is 0 Å². The van der Waals surface area contributed by atoms with E-state index in [2.05, 4.69) is 9.47 Å². The summed E-state index contributed by atoms with van der Waals surface area (Å²) >= 11 is 0. The van der Waals surface area contributed by atoms with Crippen molar-refractivity contribution >= 4 is 11.9 Å². The molecular weight excluding hydrogens is 212 g/mol. The summed E-state index contributed by atoms with van der Waals surface area (Å²) in [6.07, 6.45) is 0. The molecule has 5 nitrogen and oxygen atoms in total. The van der Waals surface area contributed by atoms with Crippen molar-refractivity contribution in [2.24, 2.45) is 0 Å². The molecular formula is C11H10O5. The molecule has 0 fully saturated rings. The van der Waals surface area contributed by atoms with Crippen LogP contribution in [-0.4, -0.2) is 26.2 Å². The molecule has 0 saturated carbocycles. The minimum absolute atomic E-state index is 0.00329. The van der Waals surface area contributed by atoms with E-state index in [1.54, 1.807) is 0 Å². The molecule has 0 radical (unpaired) electrons. The van der Waals surface area contributed by atoms with E-state index in [1.807, 2.05) is 0 Å². The standard InChI is InChI=1S/C11H10O5/c1-15-10(13)8-5-3-4-7(12)6-9(8)11(14)16-2/h3-6H,1-2H3. The molecule has 0 heterocycles. The second kappa shape index (κ2) is 5.06. The van der Waals surface area contributed by atoms with E-state index in [0.717, 1.165) is 6.07 Å². The minimum atomic E-state index is -0.756. The molecule has 0 unspecified atom stereocenters. The zero-order valence-corrected chi connectivity index (χ0v) is 8.85. The lowest BCUT2D eigenvalue weighted by Crippen LogP contribution is -2.11. The summed E-state index contributed by atoms with van der Waals surface area (Å²) in [4.78, 5) is 34.0. The zero-order chi connectivity index (χ0) is 12.1. The van der Waals surface area contributed by atoms with Crippen LogP contribution in [0.5, 0.6) is 0 Å². The lowest BCUT2D eigenvalue weighted by atomic mass is 10.1. The number of hydrogen-bond donors (Lipinski definition) is 0. The zero-order valence-electron chi connectivity index (χ0n) is 8.85. The molecule has 1 aromatic rings. The van der Waals surface area contributed by atoms with Gasteiger partial charge in [-0.3, -0.25) is 4.79 Å². The van der Waals surface area contributed by atoms with E-state index in [0.29, 0.717) is 0 Å². The van der Waals surface area contributed by atoms with Gasteiger partial charge >= 0.3 is 11.9 Å². The summed E-state index contributed by atoms with van der Waals surface area (Å²) < 4.78 is 8.99. The summed E-state index contributed by atoms with van der Waals surface area (Å²) in [6, 6.07) is 4.98. The Kier molecular flexibility index (Phi) is 3.77. The Morgan fingerprint density at radius 1 is 1.00 bits per heavy atom. The molecule has 0 aliphatic carbocycles. The van der Waals surface area contributed by atoms with Crippen molar-refractivity contribution in [3.8, 4) is 0 Å². The van der Waals surface area contributed by atoms with Crippen molar-refractivity contribution in [2.45, 2.75) is 0 Å². The van der Waals surface area contributed by atoms with Gasteiger partial charge in [0.05, 0.1) is 25.3 Å². The molecule has 1 rings (SSSR count). The maximum atomic E-state index is 11.4. The summed E-state index contributed by atoms with van der Waals surface area (Å²) in [5, 5.41) is 0. The third kappa shape index (κ3) is 2.44. The van der Waals surface area contributed by atoms with E-state index in [4.69, 9.17) is 0 Å². The molecule has 5 heteroatoms. The lowest BCUT2D eigenvalue weighted by Gasteiger charge is -2.02. The van der Waals surface area contributed by atoms with Gasteiger partial charge in [-0.05, 0) is 12.1 Å².